The van der Waals surface area contributed by atoms with Crippen molar-refractivity contribution in [3.63, 3.8) is 0 Å². The molecule has 3 atom stereocenters. The molecule has 0 spiro atoms. The number of aromatic carboxylic acids is 1. The maximum Gasteiger partial charge on any atom is 0.342 e. The summed E-state index contributed by atoms with van der Waals surface area (Å²) in [6.45, 7) is 2.59. The fraction of sp³-hybridized carbons (Fsp3) is 0.304. The minimum Gasteiger partial charge on any atom is -0.477 e. The van der Waals surface area contributed by atoms with Gasteiger partial charge in [-0.2, -0.15) is 0 Å². The summed E-state index contributed by atoms with van der Waals surface area (Å²) in [5.41, 5.74) is 6.56. The highest BCUT2D eigenvalue weighted by atomic mass is 32.2. The molecule has 3 unspecified atom stereocenters. The number of carboxylic acids is 1. The number of nitrogens with zero attached hydrogens (tertiary/aromatic N) is 2. The highest BCUT2D eigenvalue weighted by molar-refractivity contribution is 8.00. The van der Waals surface area contributed by atoms with Gasteiger partial charge in [0, 0.05) is 19.1 Å². The number of hydrogen-bond donors (Lipinski definition) is 4. The number of hydrazine groups is 1. The van der Waals surface area contributed by atoms with E-state index < -0.39 is 45.0 Å². The SMILES string of the molecule is CC(N)C1CCN(c2c(F)c(NN)c3c(=O)c(C(=O)O)c4n(c3c2F)C(c2ccccc2)S4)C1. The van der Waals surface area contributed by atoms with Crippen molar-refractivity contribution in [3.8, 4) is 0 Å². The van der Waals surface area contributed by atoms with Gasteiger partial charge in [-0.15, -0.1) is 0 Å². The molecular formula is C23H23F2N5O3S. The standard InChI is InChI=1S/C23H23F2N5O3S/c1-10(26)12-7-8-29(9-12)19-15(24)17(28-27)13-18(16(19)25)30-21(11-5-3-2-4-6-11)34-22(30)14(20(13)31)23(32)33/h2-6,10,12,21,28H,7-9,26-27H2,1H3,(H,32,33). The number of nitrogen functional groups attached to an aromatic ring is 1. The highest BCUT2D eigenvalue weighted by Crippen LogP contribution is 2.52. The van der Waals surface area contributed by atoms with E-state index in [-0.39, 0.29) is 28.2 Å². The molecule has 0 bridgehead atoms. The summed E-state index contributed by atoms with van der Waals surface area (Å²) in [5.74, 6) is 2.23. The minimum atomic E-state index is -1.47. The Morgan fingerprint density at radius 3 is 2.56 bits per heavy atom. The number of nitrogens with one attached hydrogen (secondary N) is 1. The summed E-state index contributed by atoms with van der Waals surface area (Å²) < 4.78 is 33.3. The Hall–Kier alpha value is -3.15. The molecule has 6 N–H and O–H groups in total. The predicted octanol–water partition coefficient (Wildman–Crippen LogP) is 3.09. The number of carbonyl (C=O) groups is 1. The number of nitrogens with two attached hydrogens (primary N) is 2. The van der Waals surface area contributed by atoms with Crippen LogP contribution in [0.5, 0.6) is 0 Å². The molecule has 0 radical (unpaired) electrons. The maximum absolute atomic E-state index is 16.2. The molecule has 11 heteroatoms. The van der Waals surface area contributed by atoms with Gasteiger partial charge in [-0.3, -0.25) is 10.6 Å². The Labute approximate surface area is 197 Å². The number of carboxylic acid groups (broad SMARTS) is 1. The van der Waals surface area contributed by atoms with E-state index in [1.807, 2.05) is 37.3 Å². The van der Waals surface area contributed by atoms with E-state index in [2.05, 4.69) is 5.43 Å². The fourth-order valence-corrected chi connectivity index (χ4v) is 6.13. The summed E-state index contributed by atoms with van der Waals surface area (Å²) in [4.78, 5) is 26.8. The lowest BCUT2D eigenvalue weighted by atomic mass is 10.0. The van der Waals surface area contributed by atoms with Gasteiger partial charge in [0.05, 0.1) is 15.9 Å². The molecule has 0 aliphatic carbocycles. The van der Waals surface area contributed by atoms with Gasteiger partial charge in [0.1, 0.15) is 22.3 Å². The van der Waals surface area contributed by atoms with Gasteiger partial charge in [-0.25, -0.2) is 13.6 Å². The molecular weight excluding hydrogens is 464 g/mol. The van der Waals surface area contributed by atoms with Gasteiger partial charge in [0.2, 0.25) is 5.43 Å². The molecule has 2 aliphatic heterocycles. The van der Waals surface area contributed by atoms with Crippen LogP contribution in [0.3, 0.4) is 0 Å². The summed E-state index contributed by atoms with van der Waals surface area (Å²) in [7, 11) is 0. The van der Waals surface area contributed by atoms with Gasteiger partial charge >= 0.3 is 5.97 Å². The molecule has 8 nitrogen and oxygen atoms in total. The van der Waals surface area contributed by atoms with Crippen molar-refractivity contribution >= 4 is 40.0 Å². The zero-order valence-corrected chi connectivity index (χ0v) is 19.0. The Kier molecular flexibility index (Phi) is 5.50. The molecule has 1 saturated heterocycles. The van der Waals surface area contributed by atoms with Crippen molar-refractivity contribution in [2.45, 2.75) is 29.8 Å². The van der Waals surface area contributed by atoms with E-state index in [0.29, 0.717) is 19.5 Å². The quantitative estimate of drug-likeness (QED) is 0.320. The molecule has 0 saturated carbocycles. The van der Waals surface area contributed by atoms with Crippen LogP contribution in [0.2, 0.25) is 0 Å². The number of hydrogen-bond acceptors (Lipinski definition) is 7. The highest BCUT2D eigenvalue weighted by Gasteiger charge is 2.40. The molecule has 2 aliphatic rings. The second kappa shape index (κ2) is 8.26. The van der Waals surface area contributed by atoms with E-state index in [1.54, 1.807) is 4.90 Å². The second-order valence-corrected chi connectivity index (χ2v) is 9.71. The molecule has 34 heavy (non-hydrogen) atoms. The van der Waals surface area contributed by atoms with Crippen molar-refractivity contribution < 1.29 is 18.7 Å². The van der Waals surface area contributed by atoms with Crippen molar-refractivity contribution in [2.75, 3.05) is 23.4 Å². The average molecular weight is 488 g/mol. The number of pyridine rings is 1. The third-order valence-electron chi connectivity index (χ3n) is 6.64. The van der Waals surface area contributed by atoms with E-state index >= 15 is 8.78 Å². The predicted molar refractivity (Wildman–Crippen MR) is 127 cm³/mol. The number of aromatic nitrogens is 1. The molecule has 178 valence electrons. The number of benzene rings is 2. The first-order valence-corrected chi connectivity index (χ1v) is 11.7. The minimum absolute atomic E-state index is 0.0523. The smallest absolute Gasteiger partial charge is 0.342 e. The molecule has 0 amide bonds. The third-order valence-corrected chi connectivity index (χ3v) is 7.97. The van der Waals surface area contributed by atoms with Crippen LogP contribution in [0.1, 0.15) is 34.6 Å². The molecule has 3 heterocycles. The monoisotopic (exact) mass is 487 g/mol. The van der Waals surface area contributed by atoms with Gasteiger partial charge in [-0.05, 0) is 24.8 Å². The summed E-state index contributed by atoms with van der Waals surface area (Å²) in [6.07, 6.45) is 0.665. The van der Waals surface area contributed by atoms with E-state index in [1.165, 1.54) is 4.57 Å². The largest absolute Gasteiger partial charge is 0.477 e. The number of halogens is 2. The van der Waals surface area contributed by atoms with Gasteiger partial charge in [-0.1, -0.05) is 42.1 Å². The van der Waals surface area contributed by atoms with Gasteiger partial charge in [0.15, 0.2) is 11.6 Å². The number of rotatable bonds is 5. The van der Waals surface area contributed by atoms with Crippen LogP contribution in [0.15, 0.2) is 40.2 Å². The van der Waals surface area contributed by atoms with E-state index in [9.17, 15) is 14.7 Å². The summed E-state index contributed by atoms with van der Waals surface area (Å²) >= 11 is 1.14. The Bertz CT molecular complexity index is 1380. The number of thioether (sulfide) groups is 1. The normalized spacial score (nSPS) is 20.2. The molecule has 1 fully saturated rings. The topological polar surface area (TPSA) is 127 Å². The zero-order chi connectivity index (χ0) is 24.3. The third kappa shape index (κ3) is 3.18. The van der Waals surface area contributed by atoms with Crippen LogP contribution in [0.25, 0.3) is 10.9 Å². The first kappa shape index (κ1) is 22.6. The lowest BCUT2D eigenvalue weighted by Crippen LogP contribution is -2.33. The maximum atomic E-state index is 16.2. The van der Waals surface area contributed by atoms with Gasteiger partial charge < -0.3 is 25.7 Å². The summed E-state index contributed by atoms with van der Waals surface area (Å²) in [6, 6.07) is 8.94. The number of anilines is 2. The number of fused-ring (bicyclic) bond motifs is 3. The lowest BCUT2D eigenvalue weighted by Gasteiger charge is -2.36. The Balaban J connectivity index is 1.84. The molecule has 2 aromatic carbocycles. The fourth-order valence-electron chi connectivity index (χ4n) is 4.86. The van der Waals surface area contributed by atoms with Crippen LogP contribution in [0, 0.1) is 17.6 Å². The average Bonchev–Trinajstić information content (AvgIpc) is 3.27. The Morgan fingerprint density at radius 2 is 1.97 bits per heavy atom. The zero-order valence-electron chi connectivity index (χ0n) is 18.2. The molecule has 3 aromatic rings. The lowest BCUT2D eigenvalue weighted by molar-refractivity contribution is 0.0689. The summed E-state index contributed by atoms with van der Waals surface area (Å²) in [5, 5.41) is 8.95. The Morgan fingerprint density at radius 1 is 1.26 bits per heavy atom. The van der Waals surface area contributed by atoms with Crippen LogP contribution >= 0.6 is 11.8 Å². The van der Waals surface area contributed by atoms with Crippen molar-refractivity contribution in [1.29, 1.82) is 0 Å². The second-order valence-electron chi connectivity index (χ2n) is 8.64. The first-order valence-electron chi connectivity index (χ1n) is 10.8. The van der Waals surface area contributed by atoms with Crippen LogP contribution in [0.4, 0.5) is 20.2 Å². The van der Waals surface area contributed by atoms with Gasteiger partial charge in [0.25, 0.3) is 0 Å². The van der Waals surface area contributed by atoms with Crippen LogP contribution < -0.4 is 27.3 Å². The van der Waals surface area contributed by atoms with E-state index in [4.69, 9.17) is 11.6 Å². The van der Waals surface area contributed by atoms with Crippen LogP contribution in [-0.2, 0) is 0 Å². The van der Waals surface area contributed by atoms with Crippen LogP contribution in [-0.4, -0.2) is 34.8 Å². The van der Waals surface area contributed by atoms with Crippen molar-refractivity contribution in [2.24, 2.45) is 17.5 Å². The van der Waals surface area contributed by atoms with Crippen molar-refractivity contribution in [3.05, 3.63) is 63.3 Å². The van der Waals surface area contributed by atoms with E-state index in [0.717, 1.165) is 17.3 Å². The van der Waals surface area contributed by atoms with Crippen molar-refractivity contribution in [1.82, 2.24) is 4.57 Å². The first-order chi connectivity index (χ1) is 16.3. The molecule has 1 aromatic heterocycles. The molecule has 5 rings (SSSR count).